The summed E-state index contributed by atoms with van der Waals surface area (Å²) < 4.78 is 5.19. The normalized spacial score (nSPS) is 12.2. The number of esters is 1. The maximum Gasteiger partial charge on any atom is 0.323 e. The molecule has 0 radical (unpaired) electrons. The van der Waals surface area contributed by atoms with Crippen LogP contribution in [-0.4, -0.2) is 35.2 Å². The molecule has 23 heavy (non-hydrogen) atoms. The fourth-order valence-electron chi connectivity index (χ4n) is 1.65. The van der Waals surface area contributed by atoms with E-state index in [-0.39, 0.29) is 11.0 Å². The smallest absolute Gasteiger partial charge is 0.323 e. The number of hydrogen-bond acceptors (Lipinski definition) is 5. The van der Waals surface area contributed by atoms with E-state index in [1.165, 1.54) is 0 Å². The van der Waals surface area contributed by atoms with E-state index in [4.69, 9.17) is 22.7 Å². The van der Waals surface area contributed by atoms with Crippen molar-refractivity contribution < 1.29 is 14.3 Å². The van der Waals surface area contributed by atoms with Gasteiger partial charge in [-0.15, -0.1) is 0 Å². The van der Waals surface area contributed by atoms with Crippen LogP contribution in [0, 0.1) is 0 Å². The molecule has 0 heterocycles. The zero-order valence-corrected chi connectivity index (χ0v) is 14.4. The topological polar surface area (TPSA) is 93.4 Å². The van der Waals surface area contributed by atoms with Crippen LogP contribution in [0.2, 0.25) is 0 Å². The Morgan fingerprint density at radius 3 is 2.43 bits per heavy atom. The highest BCUT2D eigenvalue weighted by molar-refractivity contribution is 7.80. The SMILES string of the molecule is CC(C)(C)OC(=O)C(N)CCNC(=S)NC(=O)c1ccccc1. The Morgan fingerprint density at radius 2 is 1.87 bits per heavy atom. The molecule has 0 saturated carbocycles. The van der Waals surface area contributed by atoms with Gasteiger partial charge in [-0.3, -0.25) is 14.9 Å². The highest BCUT2D eigenvalue weighted by Gasteiger charge is 2.21. The van der Waals surface area contributed by atoms with Crippen molar-refractivity contribution in [3.8, 4) is 0 Å². The minimum Gasteiger partial charge on any atom is -0.459 e. The van der Waals surface area contributed by atoms with Crippen LogP contribution in [0.25, 0.3) is 0 Å². The third-order valence-corrected chi connectivity index (χ3v) is 2.96. The molecule has 0 bridgehead atoms. The number of carbonyl (C=O) groups is 2. The highest BCUT2D eigenvalue weighted by atomic mass is 32.1. The fraction of sp³-hybridized carbons (Fsp3) is 0.438. The lowest BCUT2D eigenvalue weighted by atomic mass is 10.1. The molecular formula is C16H23N3O3S. The number of nitrogens with one attached hydrogen (secondary N) is 2. The maximum atomic E-state index is 11.9. The van der Waals surface area contributed by atoms with Crippen molar-refractivity contribution in [2.75, 3.05) is 6.54 Å². The fourth-order valence-corrected chi connectivity index (χ4v) is 1.84. The predicted molar refractivity (Wildman–Crippen MR) is 92.9 cm³/mol. The van der Waals surface area contributed by atoms with E-state index in [9.17, 15) is 9.59 Å². The van der Waals surface area contributed by atoms with Crippen molar-refractivity contribution >= 4 is 29.2 Å². The second kappa shape index (κ2) is 8.59. The standard InChI is InChI=1S/C16H23N3O3S/c1-16(2,3)22-14(21)12(17)9-10-18-15(23)19-13(20)11-7-5-4-6-8-11/h4-8,12H,9-10,17H2,1-3H3,(H2,18,19,20,23). The van der Waals surface area contributed by atoms with E-state index in [1.54, 1.807) is 45.0 Å². The van der Waals surface area contributed by atoms with Crippen LogP contribution in [-0.2, 0) is 9.53 Å². The maximum absolute atomic E-state index is 11.9. The van der Waals surface area contributed by atoms with E-state index in [1.807, 2.05) is 6.07 Å². The van der Waals surface area contributed by atoms with Gasteiger partial charge in [-0.1, -0.05) is 18.2 Å². The van der Waals surface area contributed by atoms with Gasteiger partial charge in [-0.25, -0.2) is 0 Å². The molecular weight excluding hydrogens is 314 g/mol. The van der Waals surface area contributed by atoms with Crippen LogP contribution < -0.4 is 16.4 Å². The first-order valence-electron chi connectivity index (χ1n) is 7.32. The van der Waals surface area contributed by atoms with Gasteiger partial charge in [-0.05, 0) is 51.5 Å². The molecule has 0 aromatic heterocycles. The summed E-state index contributed by atoms with van der Waals surface area (Å²) in [5, 5.41) is 5.60. The summed E-state index contributed by atoms with van der Waals surface area (Å²) >= 11 is 5.04. The molecule has 0 spiro atoms. The Bertz CT molecular complexity index is 555. The first-order chi connectivity index (χ1) is 10.7. The van der Waals surface area contributed by atoms with Gasteiger partial charge >= 0.3 is 5.97 Å². The van der Waals surface area contributed by atoms with E-state index in [2.05, 4.69) is 10.6 Å². The molecule has 1 aromatic carbocycles. The van der Waals surface area contributed by atoms with E-state index in [0.29, 0.717) is 18.5 Å². The summed E-state index contributed by atoms with van der Waals surface area (Å²) in [7, 11) is 0. The Hall–Kier alpha value is -1.99. The van der Waals surface area contributed by atoms with Crippen LogP contribution in [0.15, 0.2) is 30.3 Å². The Kier molecular flexibility index (Phi) is 7.12. The lowest BCUT2D eigenvalue weighted by Crippen LogP contribution is -2.43. The average molecular weight is 337 g/mol. The summed E-state index contributed by atoms with van der Waals surface area (Å²) in [6.07, 6.45) is 0.344. The number of rotatable bonds is 5. The summed E-state index contributed by atoms with van der Waals surface area (Å²) in [5.74, 6) is -0.752. The third-order valence-electron chi connectivity index (χ3n) is 2.71. The molecule has 1 amide bonds. The number of nitrogens with two attached hydrogens (primary N) is 1. The summed E-state index contributed by atoms with van der Waals surface area (Å²) in [4.78, 5) is 23.6. The molecule has 0 aliphatic rings. The molecule has 0 fully saturated rings. The highest BCUT2D eigenvalue weighted by Crippen LogP contribution is 2.08. The van der Waals surface area contributed by atoms with Gasteiger partial charge in [0.2, 0.25) is 0 Å². The van der Waals surface area contributed by atoms with E-state index in [0.717, 1.165) is 0 Å². The first-order valence-corrected chi connectivity index (χ1v) is 7.72. The largest absolute Gasteiger partial charge is 0.459 e. The monoisotopic (exact) mass is 337 g/mol. The number of ether oxygens (including phenoxy) is 1. The number of thiocarbonyl (C=S) groups is 1. The third kappa shape index (κ3) is 7.71. The predicted octanol–water partition coefficient (Wildman–Crippen LogP) is 1.35. The zero-order chi connectivity index (χ0) is 17.5. The van der Waals surface area contributed by atoms with E-state index >= 15 is 0 Å². The Labute approximate surface area is 141 Å². The molecule has 1 unspecified atom stereocenters. The summed E-state index contributed by atoms with van der Waals surface area (Å²) in [5.41, 5.74) is 5.71. The molecule has 4 N–H and O–H groups in total. The number of amides is 1. The molecule has 0 aliphatic carbocycles. The van der Waals surface area contributed by atoms with Crippen molar-refractivity contribution in [3.63, 3.8) is 0 Å². The van der Waals surface area contributed by atoms with Gasteiger partial charge in [0.1, 0.15) is 11.6 Å². The molecule has 6 nitrogen and oxygen atoms in total. The van der Waals surface area contributed by atoms with Crippen LogP contribution >= 0.6 is 12.2 Å². The van der Waals surface area contributed by atoms with Crippen molar-refractivity contribution in [1.29, 1.82) is 0 Å². The number of carbonyl (C=O) groups excluding carboxylic acids is 2. The van der Waals surface area contributed by atoms with Gasteiger partial charge < -0.3 is 15.8 Å². The number of hydrogen-bond donors (Lipinski definition) is 3. The van der Waals surface area contributed by atoms with Crippen LogP contribution in [0.1, 0.15) is 37.6 Å². The van der Waals surface area contributed by atoms with Crippen molar-refractivity contribution in [2.45, 2.75) is 38.8 Å². The minimum atomic E-state index is -0.741. The van der Waals surface area contributed by atoms with Gasteiger partial charge in [0.05, 0.1) is 0 Å². The van der Waals surface area contributed by atoms with Crippen LogP contribution in [0.4, 0.5) is 0 Å². The molecule has 1 atom stereocenters. The average Bonchev–Trinajstić information content (AvgIpc) is 2.46. The zero-order valence-electron chi connectivity index (χ0n) is 13.6. The van der Waals surface area contributed by atoms with E-state index < -0.39 is 17.6 Å². The summed E-state index contributed by atoms with van der Waals surface area (Å²) in [6.45, 7) is 5.70. The van der Waals surface area contributed by atoms with Gasteiger partial charge in [0.15, 0.2) is 5.11 Å². The lowest BCUT2D eigenvalue weighted by molar-refractivity contribution is -0.156. The van der Waals surface area contributed by atoms with Crippen molar-refractivity contribution in [1.82, 2.24) is 10.6 Å². The Morgan fingerprint density at radius 1 is 1.26 bits per heavy atom. The van der Waals surface area contributed by atoms with Gasteiger partial charge in [0.25, 0.3) is 5.91 Å². The van der Waals surface area contributed by atoms with Gasteiger partial charge in [-0.2, -0.15) is 0 Å². The van der Waals surface area contributed by atoms with Crippen LogP contribution in [0.3, 0.4) is 0 Å². The van der Waals surface area contributed by atoms with Gasteiger partial charge in [0, 0.05) is 12.1 Å². The van der Waals surface area contributed by atoms with Crippen molar-refractivity contribution in [3.05, 3.63) is 35.9 Å². The molecule has 1 aromatic rings. The quantitative estimate of drug-likeness (QED) is 0.555. The molecule has 7 heteroatoms. The number of benzene rings is 1. The Balaban J connectivity index is 2.31. The molecule has 0 aliphatic heterocycles. The lowest BCUT2D eigenvalue weighted by Gasteiger charge is -2.22. The molecule has 1 rings (SSSR count). The minimum absolute atomic E-state index is 0.190. The summed E-state index contributed by atoms with van der Waals surface area (Å²) in [6, 6.07) is 8.00. The second-order valence-electron chi connectivity index (χ2n) is 6.00. The molecule has 0 saturated heterocycles. The first kappa shape index (κ1) is 19.1. The van der Waals surface area contributed by atoms with Crippen molar-refractivity contribution in [2.24, 2.45) is 5.73 Å². The molecule has 126 valence electrons. The van der Waals surface area contributed by atoms with Crippen LogP contribution in [0.5, 0.6) is 0 Å². The second-order valence-corrected chi connectivity index (χ2v) is 6.41.